The van der Waals surface area contributed by atoms with Crippen molar-refractivity contribution in [3.63, 3.8) is 0 Å². The summed E-state index contributed by atoms with van der Waals surface area (Å²) in [5.41, 5.74) is 0.735. The molecular weight excluding hydrogens is 278 g/mol. The molecule has 1 fully saturated rings. The first-order valence-corrected chi connectivity index (χ1v) is 8.22. The fraction of sp³-hybridized carbons (Fsp3) is 0.706. The number of carbonyl (C=O) groups excluding carboxylic acids is 1. The fourth-order valence-electron chi connectivity index (χ4n) is 2.56. The van der Waals surface area contributed by atoms with E-state index in [0.717, 1.165) is 18.5 Å². The summed E-state index contributed by atoms with van der Waals surface area (Å²) in [6.07, 6.45) is 2.26. The van der Waals surface area contributed by atoms with Crippen molar-refractivity contribution < 1.29 is 4.79 Å². The maximum atomic E-state index is 12.6. The highest BCUT2D eigenvalue weighted by molar-refractivity contribution is 5.75. The lowest BCUT2D eigenvalue weighted by molar-refractivity contribution is -0.133. The molecule has 0 radical (unpaired) electrons. The SMILES string of the molecule is CC(C)CN(CC(C)C)C(=O)Cn1nc(C2CC2)ccc1=O. The topological polar surface area (TPSA) is 55.2 Å². The third-order valence-corrected chi connectivity index (χ3v) is 3.69. The minimum Gasteiger partial charge on any atom is -0.341 e. The molecule has 1 aromatic heterocycles. The molecule has 5 nitrogen and oxygen atoms in total. The molecule has 0 saturated heterocycles. The van der Waals surface area contributed by atoms with E-state index in [1.54, 1.807) is 6.07 Å². The molecule has 0 bridgehead atoms. The minimum atomic E-state index is -0.202. The van der Waals surface area contributed by atoms with Crippen LogP contribution < -0.4 is 5.56 Å². The van der Waals surface area contributed by atoms with Crippen LogP contribution in [0.15, 0.2) is 16.9 Å². The summed E-state index contributed by atoms with van der Waals surface area (Å²) >= 11 is 0. The Morgan fingerprint density at radius 1 is 1.23 bits per heavy atom. The van der Waals surface area contributed by atoms with Crippen molar-refractivity contribution in [2.75, 3.05) is 13.1 Å². The first kappa shape index (κ1) is 16.7. The lowest BCUT2D eigenvalue weighted by atomic mass is 10.1. The average Bonchev–Trinajstić information content (AvgIpc) is 3.23. The van der Waals surface area contributed by atoms with Crippen LogP contribution in [0.4, 0.5) is 0 Å². The van der Waals surface area contributed by atoms with E-state index in [0.29, 0.717) is 30.8 Å². The van der Waals surface area contributed by atoms with Crippen molar-refractivity contribution >= 4 is 5.91 Å². The van der Waals surface area contributed by atoms with E-state index >= 15 is 0 Å². The molecule has 0 aliphatic heterocycles. The highest BCUT2D eigenvalue weighted by Gasteiger charge is 2.26. The molecule has 1 amide bonds. The number of carbonyl (C=O) groups is 1. The van der Waals surface area contributed by atoms with Crippen LogP contribution in [0, 0.1) is 11.8 Å². The van der Waals surface area contributed by atoms with Crippen LogP contribution in [-0.2, 0) is 11.3 Å². The van der Waals surface area contributed by atoms with Gasteiger partial charge in [0.15, 0.2) is 0 Å². The molecule has 0 aromatic carbocycles. The van der Waals surface area contributed by atoms with Gasteiger partial charge in [0.05, 0.1) is 5.69 Å². The molecule has 0 atom stereocenters. The second-order valence-electron chi connectivity index (χ2n) is 7.11. The van der Waals surface area contributed by atoms with Gasteiger partial charge in [-0.2, -0.15) is 5.10 Å². The summed E-state index contributed by atoms with van der Waals surface area (Å²) in [6.45, 7) is 9.86. The van der Waals surface area contributed by atoms with Crippen molar-refractivity contribution in [2.24, 2.45) is 11.8 Å². The van der Waals surface area contributed by atoms with E-state index in [2.05, 4.69) is 32.8 Å². The standard InChI is InChI=1S/C17H27N3O2/c1-12(2)9-19(10-13(3)4)17(22)11-20-16(21)8-7-15(18-20)14-5-6-14/h7-8,12-14H,5-6,9-11H2,1-4H3. The number of aromatic nitrogens is 2. The summed E-state index contributed by atoms with van der Waals surface area (Å²) in [5, 5.41) is 4.37. The first-order valence-electron chi connectivity index (χ1n) is 8.22. The van der Waals surface area contributed by atoms with Crippen molar-refractivity contribution in [3.05, 3.63) is 28.2 Å². The molecule has 1 saturated carbocycles. The third-order valence-electron chi connectivity index (χ3n) is 3.69. The number of rotatable bonds is 7. The zero-order valence-electron chi connectivity index (χ0n) is 14.1. The normalized spacial score (nSPS) is 14.6. The maximum Gasteiger partial charge on any atom is 0.267 e. The Morgan fingerprint density at radius 2 is 1.82 bits per heavy atom. The number of amides is 1. The number of hydrogen-bond donors (Lipinski definition) is 0. The van der Waals surface area contributed by atoms with Crippen LogP contribution in [0.2, 0.25) is 0 Å². The van der Waals surface area contributed by atoms with Crippen LogP contribution >= 0.6 is 0 Å². The Labute approximate surface area is 132 Å². The lowest BCUT2D eigenvalue weighted by Crippen LogP contribution is -2.41. The predicted octanol–water partition coefficient (Wildman–Crippen LogP) is 2.26. The Balaban J connectivity index is 2.11. The van der Waals surface area contributed by atoms with E-state index in [9.17, 15) is 9.59 Å². The average molecular weight is 305 g/mol. The fourth-order valence-corrected chi connectivity index (χ4v) is 2.56. The van der Waals surface area contributed by atoms with Crippen LogP contribution in [-0.4, -0.2) is 33.7 Å². The second-order valence-corrected chi connectivity index (χ2v) is 7.11. The molecule has 0 unspecified atom stereocenters. The summed E-state index contributed by atoms with van der Waals surface area (Å²) < 4.78 is 1.32. The highest BCUT2D eigenvalue weighted by Crippen LogP contribution is 2.38. The van der Waals surface area contributed by atoms with Crippen LogP contribution in [0.3, 0.4) is 0 Å². The van der Waals surface area contributed by atoms with Gasteiger partial charge in [0.25, 0.3) is 5.56 Å². The number of hydrogen-bond acceptors (Lipinski definition) is 3. The van der Waals surface area contributed by atoms with Crippen molar-refractivity contribution in [2.45, 2.75) is 53.0 Å². The molecule has 1 heterocycles. The molecule has 0 N–H and O–H groups in total. The van der Waals surface area contributed by atoms with Gasteiger partial charge in [-0.05, 0) is 30.7 Å². The van der Waals surface area contributed by atoms with E-state index in [4.69, 9.17) is 0 Å². The maximum absolute atomic E-state index is 12.6. The van der Waals surface area contributed by atoms with Crippen molar-refractivity contribution in [1.82, 2.24) is 14.7 Å². The van der Waals surface area contributed by atoms with Crippen molar-refractivity contribution in [3.8, 4) is 0 Å². The molecule has 2 rings (SSSR count). The van der Waals surface area contributed by atoms with Gasteiger partial charge >= 0.3 is 0 Å². The van der Waals surface area contributed by atoms with Gasteiger partial charge < -0.3 is 4.90 Å². The van der Waals surface area contributed by atoms with Gasteiger partial charge in [-0.25, -0.2) is 4.68 Å². The zero-order chi connectivity index (χ0) is 16.3. The van der Waals surface area contributed by atoms with Gasteiger partial charge in [0.1, 0.15) is 6.54 Å². The molecule has 1 aromatic rings. The van der Waals surface area contributed by atoms with Gasteiger partial charge in [-0.3, -0.25) is 9.59 Å². The van der Waals surface area contributed by atoms with Crippen LogP contribution in [0.1, 0.15) is 52.1 Å². The summed E-state index contributed by atoms with van der Waals surface area (Å²) in [4.78, 5) is 26.4. The summed E-state index contributed by atoms with van der Waals surface area (Å²) in [7, 11) is 0. The Hall–Kier alpha value is -1.65. The molecule has 22 heavy (non-hydrogen) atoms. The predicted molar refractivity (Wildman–Crippen MR) is 86.7 cm³/mol. The van der Waals surface area contributed by atoms with Gasteiger partial charge in [-0.15, -0.1) is 0 Å². The van der Waals surface area contributed by atoms with Crippen LogP contribution in [0.25, 0.3) is 0 Å². The monoisotopic (exact) mass is 305 g/mol. The Kier molecular flexibility index (Phi) is 5.37. The molecule has 1 aliphatic carbocycles. The van der Waals surface area contributed by atoms with E-state index in [1.807, 2.05) is 4.90 Å². The van der Waals surface area contributed by atoms with Gasteiger partial charge in [0, 0.05) is 25.1 Å². The summed E-state index contributed by atoms with van der Waals surface area (Å²) in [5.74, 6) is 1.27. The van der Waals surface area contributed by atoms with Gasteiger partial charge in [-0.1, -0.05) is 27.7 Å². The lowest BCUT2D eigenvalue weighted by Gasteiger charge is -2.26. The number of nitrogens with zero attached hydrogens (tertiary/aromatic N) is 3. The quantitative estimate of drug-likeness (QED) is 0.776. The van der Waals surface area contributed by atoms with Crippen molar-refractivity contribution in [1.29, 1.82) is 0 Å². The zero-order valence-corrected chi connectivity index (χ0v) is 14.1. The largest absolute Gasteiger partial charge is 0.341 e. The third kappa shape index (κ3) is 4.68. The van der Waals surface area contributed by atoms with E-state index in [-0.39, 0.29) is 18.0 Å². The van der Waals surface area contributed by atoms with E-state index in [1.165, 1.54) is 10.7 Å². The Morgan fingerprint density at radius 3 is 2.32 bits per heavy atom. The van der Waals surface area contributed by atoms with Gasteiger partial charge in [0.2, 0.25) is 5.91 Å². The van der Waals surface area contributed by atoms with Crippen LogP contribution in [0.5, 0.6) is 0 Å². The highest BCUT2D eigenvalue weighted by atomic mass is 16.2. The molecule has 5 heteroatoms. The second kappa shape index (κ2) is 7.07. The molecule has 1 aliphatic rings. The molecular formula is C17H27N3O2. The first-order chi connectivity index (χ1) is 10.4. The minimum absolute atomic E-state index is 0.0232. The molecule has 122 valence electrons. The summed E-state index contributed by atoms with van der Waals surface area (Å²) in [6, 6.07) is 3.32. The molecule has 0 spiro atoms. The smallest absolute Gasteiger partial charge is 0.267 e. The Bertz CT molecular complexity index is 564. The van der Waals surface area contributed by atoms with E-state index < -0.39 is 0 Å².